The van der Waals surface area contributed by atoms with Crippen molar-refractivity contribution >= 4 is 0 Å². The molecule has 0 aromatic heterocycles. The quantitative estimate of drug-likeness (QED) is 0.101. The molecule has 0 aromatic rings. The molecule has 0 aliphatic rings. The first kappa shape index (κ1) is 29.9. The van der Waals surface area contributed by atoms with E-state index < -0.39 is 0 Å². The zero-order valence-electron chi connectivity index (χ0n) is 21.4. The van der Waals surface area contributed by atoms with Crippen molar-refractivity contribution in [2.45, 2.75) is 168 Å². The van der Waals surface area contributed by atoms with Crippen molar-refractivity contribution in [3.63, 3.8) is 0 Å². The summed E-state index contributed by atoms with van der Waals surface area (Å²) in [5.74, 6) is 0. The van der Waals surface area contributed by atoms with Gasteiger partial charge in [0.1, 0.15) is 0 Å². The molecule has 0 saturated carbocycles. The molecule has 2 heteroatoms. The molecule has 182 valence electrons. The molecular formula is C28H58O2. The lowest BCUT2D eigenvalue weighted by atomic mass is 10.1. The van der Waals surface area contributed by atoms with Crippen LogP contribution in [0.2, 0.25) is 0 Å². The second-order valence-electron chi connectivity index (χ2n) is 9.32. The fraction of sp³-hybridized carbons (Fsp3) is 1.00. The number of hydrogen-bond acceptors (Lipinski definition) is 2. The topological polar surface area (TPSA) is 18.5 Å². The Kier molecular flexibility index (Phi) is 26.9. The minimum absolute atomic E-state index is 0.0424. The van der Waals surface area contributed by atoms with Crippen LogP contribution in [-0.4, -0.2) is 19.5 Å². The van der Waals surface area contributed by atoms with Crippen molar-refractivity contribution in [3.8, 4) is 0 Å². The van der Waals surface area contributed by atoms with Crippen molar-refractivity contribution in [3.05, 3.63) is 0 Å². The predicted octanol–water partition coefficient (Wildman–Crippen LogP) is 9.99. The van der Waals surface area contributed by atoms with Gasteiger partial charge >= 0.3 is 0 Å². The number of unbranched alkanes of at least 4 members (excludes halogenated alkanes) is 18. The largest absolute Gasteiger partial charge is 0.353 e. The van der Waals surface area contributed by atoms with Gasteiger partial charge in [-0.1, -0.05) is 136 Å². The monoisotopic (exact) mass is 426 g/mol. The summed E-state index contributed by atoms with van der Waals surface area (Å²) in [4.78, 5) is 0. The first-order chi connectivity index (χ1) is 14.8. The Labute approximate surface area is 191 Å². The van der Waals surface area contributed by atoms with E-state index in [2.05, 4.69) is 20.8 Å². The molecule has 0 unspecified atom stereocenters. The molecule has 0 spiro atoms. The van der Waals surface area contributed by atoms with Crippen molar-refractivity contribution in [2.75, 3.05) is 13.2 Å². The smallest absolute Gasteiger partial charge is 0.157 e. The van der Waals surface area contributed by atoms with Crippen molar-refractivity contribution < 1.29 is 9.47 Å². The van der Waals surface area contributed by atoms with E-state index in [0.29, 0.717) is 0 Å². The van der Waals surface area contributed by atoms with Crippen LogP contribution >= 0.6 is 0 Å². The van der Waals surface area contributed by atoms with Gasteiger partial charge in [0.05, 0.1) is 0 Å². The summed E-state index contributed by atoms with van der Waals surface area (Å²) in [6.07, 6.45) is 29.4. The van der Waals surface area contributed by atoms with Crippen LogP contribution in [0.1, 0.15) is 162 Å². The summed E-state index contributed by atoms with van der Waals surface area (Å²) >= 11 is 0. The van der Waals surface area contributed by atoms with E-state index in [1.807, 2.05) is 0 Å². The van der Waals surface area contributed by atoms with E-state index in [1.165, 1.54) is 135 Å². The van der Waals surface area contributed by atoms with Crippen LogP contribution in [0.15, 0.2) is 0 Å². The Balaban J connectivity index is 3.81. The van der Waals surface area contributed by atoms with Gasteiger partial charge in [0.2, 0.25) is 0 Å². The van der Waals surface area contributed by atoms with Crippen LogP contribution < -0.4 is 0 Å². The van der Waals surface area contributed by atoms with Crippen molar-refractivity contribution in [1.82, 2.24) is 0 Å². The van der Waals surface area contributed by atoms with Gasteiger partial charge in [-0.2, -0.15) is 0 Å². The van der Waals surface area contributed by atoms with E-state index in [9.17, 15) is 0 Å². The molecule has 0 fully saturated rings. The van der Waals surface area contributed by atoms with Gasteiger partial charge < -0.3 is 9.47 Å². The maximum atomic E-state index is 6.15. The lowest BCUT2D eigenvalue weighted by Crippen LogP contribution is -2.19. The molecule has 0 atom stereocenters. The Morgan fingerprint density at radius 1 is 0.367 bits per heavy atom. The Bertz CT molecular complexity index is 272. The number of ether oxygens (including phenoxy) is 2. The lowest BCUT2D eigenvalue weighted by Gasteiger charge is -2.19. The molecule has 2 nitrogen and oxygen atoms in total. The highest BCUT2D eigenvalue weighted by atomic mass is 16.7. The lowest BCUT2D eigenvalue weighted by molar-refractivity contribution is -0.148. The van der Waals surface area contributed by atoms with Gasteiger partial charge in [0.25, 0.3) is 0 Å². The molecular weight excluding hydrogens is 368 g/mol. The summed E-state index contributed by atoms with van der Waals surface area (Å²) in [6, 6.07) is 0. The zero-order chi connectivity index (χ0) is 22.0. The highest BCUT2D eigenvalue weighted by molar-refractivity contribution is 4.52. The normalized spacial score (nSPS) is 11.6. The molecule has 0 aliphatic carbocycles. The van der Waals surface area contributed by atoms with Crippen LogP contribution in [0, 0.1) is 0 Å². The summed E-state index contributed by atoms with van der Waals surface area (Å²) in [6.45, 7) is 8.62. The molecule has 0 N–H and O–H groups in total. The van der Waals surface area contributed by atoms with Crippen molar-refractivity contribution in [2.24, 2.45) is 0 Å². The summed E-state index contributed by atoms with van der Waals surface area (Å²) in [5.41, 5.74) is 0. The third-order valence-corrected chi connectivity index (χ3v) is 6.15. The molecule has 0 aromatic carbocycles. The minimum Gasteiger partial charge on any atom is -0.353 e. The van der Waals surface area contributed by atoms with Crippen LogP contribution in [0.4, 0.5) is 0 Å². The first-order valence-corrected chi connectivity index (χ1v) is 14.1. The standard InChI is InChI=1S/C28H58O2/c1-4-7-10-13-16-19-22-25-28(29-26-23-20-17-14-11-8-5-2)30-27-24-21-18-15-12-9-6-3/h28H,4-27H2,1-3H3. The summed E-state index contributed by atoms with van der Waals surface area (Å²) < 4.78 is 12.3. The average molecular weight is 427 g/mol. The van der Waals surface area contributed by atoms with E-state index in [-0.39, 0.29) is 6.29 Å². The van der Waals surface area contributed by atoms with Crippen LogP contribution in [0.25, 0.3) is 0 Å². The summed E-state index contributed by atoms with van der Waals surface area (Å²) in [7, 11) is 0. The molecule has 0 saturated heterocycles. The zero-order valence-corrected chi connectivity index (χ0v) is 21.4. The fourth-order valence-electron chi connectivity index (χ4n) is 4.03. The highest BCUT2D eigenvalue weighted by Crippen LogP contribution is 2.14. The number of hydrogen-bond donors (Lipinski definition) is 0. The second-order valence-corrected chi connectivity index (χ2v) is 9.32. The second kappa shape index (κ2) is 27.0. The van der Waals surface area contributed by atoms with Gasteiger partial charge in [0.15, 0.2) is 6.29 Å². The van der Waals surface area contributed by atoms with E-state index in [1.54, 1.807) is 0 Å². The number of rotatable bonds is 26. The van der Waals surface area contributed by atoms with E-state index >= 15 is 0 Å². The molecule has 0 bridgehead atoms. The fourth-order valence-corrected chi connectivity index (χ4v) is 4.03. The SMILES string of the molecule is CCCCCCCCCOC(CCCCCCCCC)OCCCCCCCCC. The van der Waals surface area contributed by atoms with E-state index in [0.717, 1.165) is 19.6 Å². The Morgan fingerprint density at radius 2 is 0.667 bits per heavy atom. The summed E-state index contributed by atoms with van der Waals surface area (Å²) in [5, 5.41) is 0. The highest BCUT2D eigenvalue weighted by Gasteiger charge is 2.09. The average Bonchev–Trinajstić information content (AvgIpc) is 2.76. The van der Waals surface area contributed by atoms with Gasteiger partial charge in [-0.3, -0.25) is 0 Å². The van der Waals surface area contributed by atoms with Crippen LogP contribution in [-0.2, 0) is 9.47 Å². The molecule has 30 heavy (non-hydrogen) atoms. The van der Waals surface area contributed by atoms with Gasteiger partial charge in [0, 0.05) is 13.2 Å². The molecule has 0 rings (SSSR count). The maximum absolute atomic E-state index is 6.15. The first-order valence-electron chi connectivity index (χ1n) is 14.1. The van der Waals surface area contributed by atoms with Crippen molar-refractivity contribution in [1.29, 1.82) is 0 Å². The maximum Gasteiger partial charge on any atom is 0.157 e. The van der Waals surface area contributed by atoms with Crippen LogP contribution in [0.5, 0.6) is 0 Å². The van der Waals surface area contributed by atoms with E-state index in [4.69, 9.17) is 9.47 Å². The van der Waals surface area contributed by atoms with Gasteiger partial charge in [-0.25, -0.2) is 0 Å². The predicted molar refractivity (Wildman–Crippen MR) is 134 cm³/mol. The molecule has 0 amide bonds. The molecule has 0 aliphatic heterocycles. The van der Waals surface area contributed by atoms with Crippen LogP contribution in [0.3, 0.4) is 0 Å². The minimum atomic E-state index is 0.0424. The Hall–Kier alpha value is -0.0800. The van der Waals surface area contributed by atoms with Gasteiger partial charge in [-0.05, 0) is 25.7 Å². The Morgan fingerprint density at radius 3 is 1.03 bits per heavy atom. The third-order valence-electron chi connectivity index (χ3n) is 6.15. The van der Waals surface area contributed by atoms with Gasteiger partial charge in [-0.15, -0.1) is 0 Å². The third kappa shape index (κ3) is 24.2. The molecule has 0 radical (unpaired) electrons. The molecule has 0 heterocycles.